The van der Waals surface area contributed by atoms with Crippen molar-refractivity contribution >= 4 is 27.5 Å². The second kappa shape index (κ2) is 4.63. The Balaban J connectivity index is 2.32. The van der Waals surface area contributed by atoms with Crippen LogP contribution >= 0.6 is 11.3 Å². The number of fused-ring (bicyclic) bond motifs is 1. The van der Waals surface area contributed by atoms with Gasteiger partial charge in [0.05, 0.1) is 5.69 Å². The molecule has 0 unspecified atom stereocenters. The lowest BCUT2D eigenvalue weighted by molar-refractivity contribution is 0.0702. The van der Waals surface area contributed by atoms with Crippen molar-refractivity contribution in [1.29, 1.82) is 0 Å². The van der Waals surface area contributed by atoms with Gasteiger partial charge in [0, 0.05) is 23.2 Å². The van der Waals surface area contributed by atoms with Crippen LogP contribution in [0.3, 0.4) is 0 Å². The first-order chi connectivity index (χ1) is 9.88. The van der Waals surface area contributed by atoms with E-state index in [4.69, 9.17) is 0 Å². The number of hydrogen-bond acceptors (Lipinski definition) is 5. The number of hydrogen-bond donors (Lipinski definition) is 1. The highest BCUT2D eigenvalue weighted by Gasteiger charge is 2.26. The lowest BCUT2D eigenvalue weighted by Crippen LogP contribution is -2.13. The molecule has 1 N–H and O–H groups in total. The van der Waals surface area contributed by atoms with Crippen LogP contribution in [-0.2, 0) is 5.41 Å². The average molecular weight is 302 g/mol. The van der Waals surface area contributed by atoms with Gasteiger partial charge in [0.1, 0.15) is 9.71 Å². The Morgan fingerprint density at radius 2 is 1.95 bits per heavy atom. The van der Waals surface area contributed by atoms with Gasteiger partial charge in [0.2, 0.25) is 0 Å². The van der Waals surface area contributed by atoms with Crippen LogP contribution in [0.2, 0.25) is 0 Å². The third-order valence-corrected chi connectivity index (χ3v) is 4.12. The van der Waals surface area contributed by atoms with Crippen molar-refractivity contribution in [3.8, 4) is 5.95 Å². The predicted octanol–water partition coefficient (Wildman–Crippen LogP) is 2.87. The van der Waals surface area contributed by atoms with Gasteiger partial charge < -0.3 is 5.11 Å². The number of aromatic nitrogens is 4. The molecule has 0 aliphatic rings. The van der Waals surface area contributed by atoms with Gasteiger partial charge in [-0.3, -0.25) is 0 Å². The molecular weight excluding hydrogens is 288 g/mol. The molecule has 0 aliphatic heterocycles. The molecule has 7 heteroatoms. The standard InChI is InChI=1S/C14H14N4O2S/c1-14(2,3)10-8-7-9(12(19)20)21-11(8)18(17-10)13-15-5-4-6-16-13/h4-7H,1-3H3,(H,19,20). The van der Waals surface area contributed by atoms with Gasteiger partial charge >= 0.3 is 5.97 Å². The smallest absolute Gasteiger partial charge is 0.345 e. The van der Waals surface area contributed by atoms with Crippen LogP contribution in [0.5, 0.6) is 0 Å². The molecule has 0 radical (unpaired) electrons. The monoisotopic (exact) mass is 302 g/mol. The predicted molar refractivity (Wildman–Crippen MR) is 80.2 cm³/mol. The number of carbonyl (C=O) groups is 1. The van der Waals surface area contributed by atoms with Gasteiger partial charge in [-0.2, -0.15) is 9.78 Å². The van der Waals surface area contributed by atoms with Crippen molar-refractivity contribution in [3.05, 3.63) is 35.1 Å². The molecule has 21 heavy (non-hydrogen) atoms. The summed E-state index contributed by atoms with van der Waals surface area (Å²) >= 11 is 1.18. The van der Waals surface area contributed by atoms with Crippen LogP contribution in [0, 0.1) is 0 Å². The van der Waals surface area contributed by atoms with Crippen molar-refractivity contribution in [2.45, 2.75) is 26.2 Å². The normalized spacial score (nSPS) is 12.0. The van der Waals surface area contributed by atoms with Crippen molar-refractivity contribution < 1.29 is 9.90 Å². The van der Waals surface area contributed by atoms with E-state index in [0.29, 0.717) is 5.95 Å². The number of nitrogens with zero attached hydrogens (tertiary/aromatic N) is 4. The van der Waals surface area contributed by atoms with Crippen molar-refractivity contribution in [2.75, 3.05) is 0 Å². The molecule has 0 aliphatic carbocycles. The second-order valence-corrected chi connectivity index (χ2v) is 6.72. The van der Waals surface area contributed by atoms with Gasteiger partial charge in [0.25, 0.3) is 5.95 Å². The topological polar surface area (TPSA) is 80.9 Å². The molecule has 0 bridgehead atoms. The van der Waals surface area contributed by atoms with Crippen LogP contribution in [0.25, 0.3) is 16.2 Å². The second-order valence-electron chi connectivity index (χ2n) is 5.69. The molecule has 0 amide bonds. The van der Waals surface area contributed by atoms with E-state index in [0.717, 1.165) is 15.9 Å². The maximum atomic E-state index is 11.2. The Morgan fingerprint density at radius 1 is 1.29 bits per heavy atom. The van der Waals surface area contributed by atoms with Crippen molar-refractivity contribution in [3.63, 3.8) is 0 Å². The zero-order valence-electron chi connectivity index (χ0n) is 11.9. The largest absolute Gasteiger partial charge is 0.477 e. The van der Waals surface area contributed by atoms with E-state index in [1.165, 1.54) is 11.3 Å². The van der Waals surface area contributed by atoms with Gasteiger partial charge in [-0.05, 0) is 12.1 Å². The molecule has 108 valence electrons. The van der Waals surface area contributed by atoms with Crippen LogP contribution in [0.1, 0.15) is 36.1 Å². The van der Waals surface area contributed by atoms with Gasteiger partial charge in [-0.25, -0.2) is 14.8 Å². The molecule has 3 rings (SSSR count). The Morgan fingerprint density at radius 3 is 2.52 bits per heavy atom. The molecule has 6 nitrogen and oxygen atoms in total. The highest BCUT2D eigenvalue weighted by Crippen LogP contribution is 2.35. The molecule has 0 saturated heterocycles. The Bertz CT molecular complexity index is 815. The van der Waals surface area contributed by atoms with E-state index in [-0.39, 0.29) is 10.3 Å². The third kappa shape index (κ3) is 2.29. The summed E-state index contributed by atoms with van der Waals surface area (Å²) < 4.78 is 1.62. The SMILES string of the molecule is CC(C)(C)c1nn(-c2ncccn2)c2sc(C(=O)O)cc12. The van der Waals surface area contributed by atoms with Crippen LogP contribution in [-0.4, -0.2) is 30.8 Å². The molecule has 3 heterocycles. The Kier molecular flexibility index (Phi) is 3.02. The molecule has 0 spiro atoms. The summed E-state index contributed by atoms with van der Waals surface area (Å²) in [4.78, 5) is 20.7. The first-order valence-electron chi connectivity index (χ1n) is 6.41. The maximum Gasteiger partial charge on any atom is 0.345 e. The van der Waals surface area contributed by atoms with E-state index < -0.39 is 5.97 Å². The highest BCUT2D eigenvalue weighted by molar-refractivity contribution is 7.20. The number of aromatic carboxylic acids is 1. The molecular formula is C14H14N4O2S. The fourth-order valence-corrected chi connectivity index (χ4v) is 3.05. The first-order valence-corrected chi connectivity index (χ1v) is 7.23. The first kappa shape index (κ1) is 13.7. The number of thiophene rings is 1. The molecule has 3 aromatic heterocycles. The lowest BCUT2D eigenvalue weighted by Gasteiger charge is -2.15. The minimum atomic E-state index is -0.934. The number of rotatable bonds is 2. The molecule has 0 fully saturated rings. The zero-order valence-corrected chi connectivity index (χ0v) is 12.7. The van der Waals surface area contributed by atoms with E-state index in [2.05, 4.69) is 15.1 Å². The van der Waals surface area contributed by atoms with Gasteiger partial charge in [-0.1, -0.05) is 20.8 Å². The fraction of sp³-hybridized carbons (Fsp3) is 0.286. The summed E-state index contributed by atoms with van der Waals surface area (Å²) in [6, 6.07) is 3.40. The summed E-state index contributed by atoms with van der Waals surface area (Å²) in [7, 11) is 0. The lowest BCUT2D eigenvalue weighted by atomic mass is 9.91. The van der Waals surface area contributed by atoms with E-state index in [1.807, 2.05) is 20.8 Å². The minimum Gasteiger partial charge on any atom is -0.477 e. The molecule has 3 aromatic rings. The summed E-state index contributed by atoms with van der Waals surface area (Å²) in [5.41, 5.74) is 0.642. The third-order valence-electron chi connectivity index (χ3n) is 3.02. The number of carboxylic acid groups (broad SMARTS) is 1. The summed E-state index contributed by atoms with van der Waals surface area (Å²) in [6.45, 7) is 6.13. The number of carboxylic acids is 1. The molecule has 0 atom stereocenters. The van der Waals surface area contributed by atoms with Crippen LogP contribution in [0.4, 0.5) is 0 Å². The maximum absolute atomic E-state index is 11.2. The average Bonchev–Trinajstić information content (AvgIpc) is 2.96. The Labute approximate surface area is 125 Å². The van der Waals surface area contributed by atoms with Crippen LogP contribution in [0.15, 0.2) is 24.5 Å². The zero-order chi connectivity index (χ0) is 15.2. The van der Waals surface area contributed by atoms with E-state index in [9.17, 15) is 9.90 Å². The molecule has 0 saturated carbocycles. The van der Waals surface area contributed by atoms with Crippen molar-refractivity contribution in [1.82, 2.24) is 19.7 Å². The van der Waals surface area contributed by atoms with Gasteiger partial charge in [0.15, 0.2) is 0 Å². The minimum absolute atomic E-state index is 0.199. The summed E-state index contributed by atoms with van der Waals surface area (Å²) in [5, 5.41) is 14.7. The van der Waals surface area contributed by atoms with Crippen LogP contribution < -0.4 is 0 Å². The molecule has 0 aromatic carbocycles. The fourth-order valence-electron chi connectivity index (χ4n) is 2.10. The van der Waals surface area contributed by atoms with E-state index in [1.54, 1.807) is 29.2 Å². The summed E-state index contributed by atoms with van der Waals surface area (Å²) in [6.07, 6.45) is 3.27. The highest BCUT2D eigenvalue weighted by atomic mass is 32.1. The Hall–Kier alpha value is -2.28. The summed E-state index contributed by atoms with van der Waals surface area (Å²) in [5.74, 6) is -0.492. The quantitative estimate of drug-likeness (QED) is 0.787. The van der Waals surface area contributed by atoms with Crippen molar-refractivity contribution in [2.24, 2.45) is 0 Å². The van der Waals surface area contributed by atoms with E-state index >= 15 is 0 Å². The van der Waals surface area contributed by atoms with Gasteiger partial charge in [-0.15, -0.1) is 11.3 Å².